The number of nitrogens with zero attached hydrogens (tertiary/aromatic N) is 2. The van der Waals surface area contributed by atoms with E-state index in [9.17, 15) is 0 Å². The van der Waals surface area contributed by atoms with Crippen LogP contribution in [-0.4, -0.2) is 0 Å². The van der Waals surface area contributed by atoms with Gasteiger partial charge in [-0.1, -0.05) is 25.3 Å². The third-order valence-electron chi connectivity index (χ3n) is 2.53. The van der Waals surface area contributed by atoms with E-state index in [1.165, 1.54) is 38.2 Å². The van der Waals surface area contributed by atoms with Gasteiger partial charge in [0, 0.05) is 11.6 Å². The van der Waals surface area contributed by atoms with E-state index < -0.39 is 0 Å². The van der Waals surface area contributed by atoms with E-state index in [1.807, 2.05) is 12.1 Å². The molecule has 0 radical (unpaired) electrons. The largest absolute Gasteiger partial charge is 0.193 e. The summed E-state index contributed by atoms with van der Waals surface area (Å²) in [6.07, 6.45) is 11.2. The molecule has 0 atom stereocenters. The Bertz CT molecular complexity index is 306. The molecular weight excluding hydrogens is 172 g/mol. The van der Waals surface area contributed by atoms with Crippen LogP contribution in [0.2, 0.25) is 0 Å². The van der Waals surface area contributed by atoms with Crippen molar-refractivity contribution in [3.05, 3.63) is 23.8 Å². The predicted octanol–water partition coefficient (Wildman–Crippen LogP) is 3.10. The van der Waals surface area contributed by atoms with Crippen molar-refractivity contribution in [2.75, 3.05) is 0 Å². The molecule has 1 saturated carbocycles. The van der Waals surface area contributed by atoms with Crippen molar-refractivity contribution in [1.29, 1.82) is 10.5 Å². The van der Waals surface area contributed by atoms with E-state index in [-0.39, 0.29) is 0 Å². The predicted molar refractivity (Wildman–Crippen MR) is 55.0 cm³/mol. The fourth-order valence-corrected chi connectivity index (χ4v) is 1.81. The smallest absolute Gasteiger partial charge is 0.0988 e. The molecule has 1 aliphatic carbocycles. The maximum atomic E-state index is 8.80. The molecule has 0 heterocycles. The van der Waals surface area contributed by atoms with Crippen LogP contribution in [0.25, 0.3) is 0 Å². The summed E-state index contributed by atoms with van der Waals surface area (Å²) in [5.41, 5.74) is 0.624. The zero-order chi connectivity index (χ0) is 10.2. The molecule has 2 heteroatoms. The molecule has 72 valence electrons. The summed E-state index contributed by atoms with van der Waals surface area (Å²) in [6.45, 7) is 0. The van der Waals surface area contributed by atoms with E-state index in [4.69, 9.17) is 10.5 Å². The maximum Gasteiger partial charge on any atom is 0.0988 e. The normalized spacial score (nSPS) is 19.1. The first kappa shape index (κ1) is 10.5. The summed E-state index contributed by atoms with van der Waals surface area (Å²) in [4.78, 5) is 0. The average Bonchev–Trinajstić information content (AvgIpc) is 2.25. The van der Waals surface area contributed by atoms with Crippen LogP contribution in [-0.2, 0) is 0 Å². The molecular formula is C12H14N2. The summed E-state index contributed by atoms with van der Waals surface area (Å²) in [6, 6.07) is 4.00. The minimum Gasteiger partial charge on any atom is -0.193 e. The molecule has 0 amide bonds. The third kappa shape index (κ3) is 3.46. The maximum absolute atomic E-state index is 8.80. The number of nitriles is 2. The highest BCUT2D eigenvalue weighted by atomic mass is 14.3. The van der Waals surface area contributed by atoms with Crippen molar-refractivity contribution in [2.45, 2.75) is 32.1 Å². The van der Waals surface area contributed by atoms with Crippen LogP contribution in [0, 0.1) is 28.6 Å². The van der Waals surface area contributed by atoms with Gasteiger partial charge in [-0.05, 0) is 24.8 Å². The fourth-order valence-electron chi connectivity index (χ4n) is 1.81. The second-order valence-corrected chi connectivity index (χ2v) is 3.59. The van der Waals surface area contributed by atoms with Crippen LogP contribution in [0.1, 0.15) is 32.1 Å². The molecule has 0 spiro atoms. The van der Waals surface area contributed by atoms with Crippen LogP contribution >= 0.6 is 0 Å². The molecule has 2 nitrogen and oxygen atoms in total. The van der Waals surface area contributed by atoms with Crippen LogP contribution in [0.3, 0.4) is 0 Å². The molecule has 0 bridgehead atoms. The zero-order valence-corrected chi connectivity index (χ0v) is 8.24. The Morgan fingerprint density at radius 3 is 2.43 bits per heavy atom. The molecule has 0 unspecified atom stereocenters. The van der Waals surface area contributed by atoms with E-state index in [0.29, 0.717) is 11.5 Å². The zero-order valence-electron chi connectivity index (χ0n) is 8.24. The van der Waals surface area contributed by atoms with Crippen molar-refractivity contribution >= 4 is 0 Å². The first-order chi connectivity index (χ1) is 6.86. The third-order valence-corrected chi connectivity index (χ3v) is 2.53. The second kappa shape index (κ2) is 6.00. The summed E-state index contributed by atoms with van der Waals surface area (Å²) >= 11 is 0. The molecule has 0 N–H and O–H groups in total. The lowest BCUT2D eigenvalue weighted by atomic mass is 9.88. The van der Waals surface area contributed by atoms with E-state index in [1.54, 1.807) is 6.08 Å². The highest BCUT2D eigenvalue weighted by Gasteiger charge is 2.10. The Kier molecular flexibility index (Phi) is 4.51. The van der Waals surface area contributed by atoms with Gasteiger partial charge in [-0.15, -0.1) is 0 Å². The van der Waals surface area contributed by atoms with Gasteiger partial charge in [0.1, 0.15) is 0 Å². The van der Waals surface area contributed by atoms with Gasteiger partial charge in [0.2, 0.25) is 0 Å². The topological polar surface area (TPSA) is 47.6 Å². The van der Waals surface area contributed by atoms with Gasteiger partial charge in [-0.3, -0.25) is 0 Å². The molecule has 0 aromatic heterocycles. The van der Waals surface area contributed by atoms with Crippen LogP contribution in [0.4, 0.5) is 0 Å². The van der Waals surface area contributed by atoms with Crippen LogP contribution in [0.15, 0.2) is 23.8 Å². The molecule has 0 aromatic carbocycles. The molecule has 0 aromatic rings. The Balaban J connectivity index is 2.59. The number of hydrogen-bond donors (Lipinski definition) is 0. The summed E-state index contributed by atoms with van der Waals surface area (Å²) in [5, 5.41) is 17.1. The van der Waals surface area contributed by atoms with Crippen molar-refractivity contribution in [1.82, 2.24) is 0 Å². The van der Waals surface area contributed by atoms with Gasteiger partial charge in [-0.25, -0.2) is 0 Å². The Hall–Kier alpha value is -1.54. The quantitative estimate of drug-likeness (QED) is 0.491. The highest BCUT2D eigenvalue weighted by Crippen LogP contribution is 2.25. The summed E-state index contributed by atoms with van der Waals surface area (Å²) in [5.74, 6) is 0.543. The standard InChI is InChI=1S/C12H14N2/c13-8-4-7-12(10-14)9-11-5-2-1-3-6-11/h4,7,9,11H,1-3,5-6H2/b7-4+,12-9-. The summed E-state index contributed by atoms with van der Waals surface area (Å²) in [7, 11) is 0. The van der Waals surface area contributed by atoms with E-state index in [0.717, 1.165) is 0 Å². The fraction of sp³-hybridized carbons (Fsp3) is 0.500. The van der Waals surface area contributed by atoms with Gasteiger partial charge in [0.15, 0.2) is 0 Å². The lowest BCUT2D eigenvalue weighted by Gasteiger charge is -2.17. The van der Waals surface area contributed by atoms with Crippen molar-refractivity contribution in [2.24, 2.45) is 5.92 Å². The van der Waals surface area contributed by atoms with E-state index in [2.05, 4.69) is 6.07 Å². The molecule has 1 aliphatic rings. The minimum absolute atomic E-state index is 0.543. The van der Waals surface area contributed by atoms with Crippen LogP contribution < -0.4 is 0 Å². The molecule has 0 saturated heterocycles. The lowest BCUT2D eigenvalue weighted by molar-refractivity contribution is 0.419. The van der Waals surface area contributed by atoms with Crippen LogP contribution in [0.5, 0.6) is 0 Å². The van der Waals surface area contributed by atoms with Gasteiger partial charge >= 0.3 is 0 Å². The van der Waals surface area contributed by atoms with Crippen molar-refractivity contribution in [3.63, 3.8) is 0 Å². The summed E-state index contributed by atoms with van der Waals surface area (Å²) < 4.78 is 0. The number of rotatable bonds is 2. The molecule has 0 aliphatic heterocycles. The molecule has 1 fully saturated rings. The monoisotopic (exact) mass is 186 g/mol. The number of allylic oxidation sites excluding steroid dienone is 4. The van der Waals surface area contributed by atoms with Gasteiger partial charge < -0.3 is 0 Å². The molecule has 1 rings (SSSR count). The van der Waals surface area contributed by atoms with Gasteiger partial charge in [0.05, 0.1) is 12.1 Å². The van der Waals surface area contributed by atoms with Crippen molar-refractivity contribution < 1.29 is 0 Å². The van der Waals surface area contributed by atoms with Crippen molar-refractivity contribution in [3.8, 4) is 12.1 Å². The van der Waals surface area contributed by atoms with E-state index >= 15 is 0 Å². The Morgan fingerprint density at radius 1 is 1.14 bits per heavy atom. The minimum atomic E-state index is 0.543. The first-order valence-electron chi connectivity index (χ1n) is 5.05. The second-order valence-electron chi connectivity index (χ2n) is 3.59. The molecule has 14 heavy (non-hydrogen) atoms. The highest BCUT2D eigenvalue weighted by molar-refractivity contribution is 5.35. The lowest BCUT2D eigenvalue weighted by Crippen LogP contribution is -2.03. The Labute approximate surface area is 85.2 Å². The Morgan fingerprint density at radius 2 is 1.86 bits per heavy atom. The van der Waals surface area contributed by atoms with Gasteiger partial charge in [-0.2, -0.15) is 10.5 Å². The number of hydrogen-bond acceptors (Lipinski definition) is 2. The van der Waals surface area contributed by atoms with Gasteiger partial charge in [0.25, 0.3) is 0 Å². The SMILES string of the molecule is N#C/C=C/C(C#N)=C/C1CCCCC1. The average molecular weight is 186 g/mol. The first-order valence-corrected chi connectivity index (χ1v) is 5.05.